The minimum atomic E-state index is -0.875. The van der Waals surface area contributed by atoms with Gasteiger partial charge in [-0.15, -0.1) is 22.7 Å². The molecule has 2 atom stereocenters. The van der Waals surface area contributed by atoms with Crippen LogP contribution in [0.15, 0.2) is 36.4 Å². The molecule has 0 spiro atoms. The van der Waals surface area contributed by atoms with Gasteiger partial charge in [-0.1, -0.05) is 24.3 Å². The first-order chi connectivity index (χ1) is 22.9. The van der Waals surface area contributed by atoms with E-state index in [1.54, 1.807) is 13.8 Å². The SMILES string of the molecule is Cc1c(NC(=O)c2nc3c(s2)CN(C(C)C(=O)O)CC3)cccc1-c1cccc(NC(=O)c2nc3c(s2)CN(C(C)C(=O)O)CC3)c1C. The number of hydrogen-bond donors (Lipinski definition) is 4. The van der Waals surface area contributed by atoms with Gasteiger partial charge in [0, 0.05) is 60.1 Å². The number of benzene rings is 2. The molecule has 0 saturated carbocycles. The van der Waals surface area contributed by atoms with E-state index in [0.717, 1.165) is 43.4 Å². The van der Waals surface area contributed by atoms with Gasteiger partial charge in [0.05, 0.1) is 11.4 Å². The fraction of sp³-hybridized carbons (Fsp3) is 0.353. The number of amides is 2. The third-order valence-electron chi connectivity index (χ3n) is 9.17. The number of carboxylic acid groups (broad SMARTS) is 2. The van der Waals surface area contributed by atoms with Crippen molar-refractivity contribution in [2.75, 3.05) is 23.7 Å². The third kappa shape index (κ3) is 6.61. The second-order valence-electron chi connectivity index (χ2n) is 12.1. The molecule has 0 radical (unpaired) electrons. The maximum Gasteiger partial charge on any atom is 0.320 e. The summed E-state index contributed by atoms with van der Waals surface area (Å²) in [7, 11) is 0. The largest absolute Gasteiger partial charge is 0.480 e. The minimum Gasteiger partial charge on any atom is -0.480 e. The van der Waals surface area contributed by atoms with Crippen molar-refractivity contribution in [1.29, 1.82) is 0 Å². The summed E-state index contributed by atoms with van der Waals surface area (Å²) in [5.74, 6) is -2.40. The van der Waals surface area contributed by atoms with Crippen molar-refractivity contribution in [1.82, 2.24) is 19.8 Å². The van der Waals surface area contributed by atoms with Gasteiger partial charge >= 0.3 is 11.9 Å². The number of rotatable bonds is 9. The lowest BCUT2D eigenvalue weighted by Crippen LogP contribution is -2.41. The predicted molar refractivity (Wildman–Crippen MR) is 184 cm³/mol. The minimum absolute atomic E-state index is 0.322. The number of carboxylic acids is 2. The van der Waals surface area contributed by atoms with Gasteiger partial charge in [0.25, 0.3) is 11.8 Å². The molecule has 4 heterocycles. The van der Waals surface area contributed by atoms with Gasteiger partial charge in [-0.3, -0.25) is 29.0 Å². The van der Waals surface area contributed by atoms with Crippen molar-refractivity contribution in [2.45, 2.75) is 65.7 Å². The van der Waals surface area contributed by atoms with Crippen molar-refractivity contribution in [3.05, 3.63) is 78.7 Å². The Morgan fingerprint density at radius 2 is 1.10 bits per heavy atom. The molecule has 0 aliphatic carbocycles. The summed E-state index contributed by atoms with van der Waals surface area (Å²) in [5, 5.41) is 25.5. The maximum absolute atomic E-state index is 13.3. The Balaban J connectivity index is 1.17. The van der Waals surface area contributed by atoms with E-state index in [4.69, 9.17) is 0 Å². The van der Waals surface area contributed by atoms with E-state index >= 15 is 0 Å². The molecule has 4 aromatic rings. The summed E-state index contributed by atoms with van der Waals surface area (Å²) >= 11 is 2.59. The zero-order valence-electron chi connectivity index (χ0n) is 27.0. The Labute approximate surface area is 285 Å². The number of aliphatic carboxylic acids is 2. The van der Waals surface area contributed by atoms with Crippen LogP contribution in [-0.2, 0) is 35.5 Å². The van der Waals surface area contributed by atoms with E-state index in [0.29, 0.717) is 60.4 Å². The summed E-state index contributed by atoms with van der Waals surface area (Å²) in [5.41, 5.74) is 6.46. The van der Waals surface area contributed by atoms with Crippen LogP contribution in [0.2, 0.25) is 0 Å². The quantitative estimate of drug-likeness (QED) is 0.187. The second kappa shape index (κ2) is 13.5. The standard InChI is InChI=1S/C34H36N6O6S2/c1-17-21(7-5-9-23(17)35-29(41)31-37-25-11-13-39(15-27(25)47-31)19(3)33(43)44)22-8-6-10-24(18(22)2)36-30(42)32-38-26-12-14-40(16-28(26)48-32)20(4)34(45)46/h5-10,19-20H,11-16H2,1-4H3,(H,35,41)(H,36,42)(H,43,44)(H,45,46). The summed E-state index contributed by atoms with van der Waals surface area (Å²) in [4.78, 5) is 64.3. The summed E-state index contributed by atoms with van der Waals surface area (Å²) in [6.07, 6.45) is 1.18. The first-order valence-corrected chi connectivity index (χ1v) is 17.3. The van der Waals surface area contributed by atoms with E-state index < -0.39 is 24.0 Å². The number of hydrogen-bond acceptors (Lipinski definition) is 10. The van der Waals surface area contributed by atoms with Crippen molar-refractivity contribution in [3.8, 4) is 11.1 Å². The molecule has 48 heavy (non-hydrogen) atoms. The summed E-state index contributed by atoms with van der Waals surface area (Å²) < 4.78 is 0. The van der Waals surface area contributed by atoms with Crippen LogP contribution in [0, 0.1) is 13.8 Å². The Kier molecular flexibility index (Phi) is 9.43. The number of nitrogens with one attached hydrogen (secondary N) is 2. The number of nitrogens with zero attached hydrogens (tertiary/aromatic N) is 4. The molecule has 2 aliphatic heterocycles. The predicted octanol–water partition coefficient (Wildman–Crippen LogP) is 5.05. The van der Waals surface area contributed by atoms with Crippen LogP contribution in [0.5, 0.6) is 0 Å². The smallest absolute Gasteiger partial charge is 0.320 e. The Hall–Kier alpha value is -4.50. The zero-order chi connectivity index (χ0) is 34.3. The highest BCUT2D eigenvalue weighted by Gasteiger charge is 2.30. The zero-order valence-corrected chi connectivity index (χ0v) is 28.6. The van der Waals surface area contributed by atoms with E-state index in [9.17, 15) is 29.4 Å². The number of fused-ring (bicyclic) bond motifs is 2. The highest BCUT2D eigenvalue weighted by molar-refractivity contribution is 7.14. The van der Waals surface area contributed by atoms with Crippen molar-refractivity contribution in [2.24, 2.45) is 0 Å². The van der Waals surface area contributed by atoms with Gasteiger partial charge in [-0.05, 0) is 62.1 Å². The number of carbonyl (C=O) groups is 4. The van der Waals surface area contributed by atoms with Gasteiger partial charge in [0.1, 0.15) is 12.1 Å². The van der Waals surface area contributed by atoms with Crippen LogP contribution in [0.4, 0.5) is 11.4 Å². The lowest BCUT2D eigenvalue weighted by molar-refractivity contribution is -0.143. The van der Waals surface area contributed by atoms with Gasteiger partial charge < -0.3 is 20.8 Å². The average Bonchev–Trinajstić information content (AvgIpc) is 3.70. The fourth-order valence-electron chi connectivity index (χ4n) is 6.08. The van der Waals surface area contributed by atoms with Crippen molar-refractivity contribution < 1.29 is 29.4 Å². The molecule has 4 N–H and O–H groups in total. The van der Waals surface area contributed by atoms with Gasteiger partial charge in [0.2, 0.25) is 0 Å². The molecule has 14 heteroatoms. The highest BCUT2D eigenvalue weighted by Crippen LogP contribution is 2.35. The number of thiazole rings is 2. The van der Waals surface area contributed by atoms with E-state index in [-0.39, 0.29) is 11.8 Å². The Bertz CT molecular complexity index is 1800. The van der Waals surface area contributed by atoms with Crippen LogP contribution < -0.4 is 10.6 Å². The molecule has 6 rings (SSSR count). The topological polar surface area (TPSA) is 165 Å². The molecule has 2 amide bonds. The average molecular weight is 689 g/mol. The molecule has 12 nitrogen and oxygen atoms in total. The number of aromatic nitrogens is 2. The Morgan fingerprint density at radius 3 is 1.48 bits per heavy atom. The van der Waals surface area contributed by atoms with Crippen LogP contribution in [-0.4, -0.2) is 78.9 Å². The molecule has 0 bridgehead atoms. The molecule has 2 aromatic heterocycles. The van der Waals surface area contributed by atoms with Gasteiger partial charge in [-0.25, -0.2) is 9.97 Å². The van der Waals surface area contributed by atoms with E-state index in [1.807, 2.05) is 60.0 Å². The lowest BCUT2D eigenvalue weighted by atomic mass is 9.94. The highest BCUT2D eigenvalue weighted by atomic mass is 32.1. The first-order valence-electron chi connectivity index (χ1n) is 15.6. The van der Waals surface area contributed by atoms with Gasteiger partial charge in [0.15, 0.2) is 10.0 Å². The van der Waals surface area contributed by atoms with Gasteiger partial charge in [-0.2, -0.15) is 0 Å². The molecule has 2 aliphatic rings. The van der Waals surface area contributed by atoms with Crippen LogP contribution >= 0.6 is 22.7 Å². The number of carbonyl (C=O) groups excluding carboxylic acids is 2. The van der Waals surface area contributed by atoms with Crippen LogP contribution in [0.25, 0.3) is 11.1 Å². The summed E-state index contributed by atoms with van der Waals surface area (Å²) in [6.45, 7) is 9.24. The van der Waals surface area contributed by atoms with E-state index in [2.05, 4.69) is 20.6 Å². The van der Waals surface area contributed by atoms with Crippen LogP contribution in [0.1, 0.15) is 65.7 Å². The first kappa shape index (κ1) is 33.4. The molecule has 0 saturated heterocycles. The van der Waals surface area contributed by atoms with Crippen molar-refractivity contribution in [3.63, 3.8) is 0 Å². The summed E-state index contributed by atoms with van der Waals surface area (Å²) in [6, 6.07) is 10.1. The van der Waals surface area contributed by atoms with Crippen LogP contribution in [0.3, 0.4) is 0 Å². The van der Waals surface area contributed by atoms with Crippen molar-refractivity contribution >= 4 is 57.8 Å². The maximum atomic E-state index is 13.3. The molecule has 2 aromatic carbocycles. The molecule has 0 fully saturated rings. The monoisotopic (exact) mass is 688 g/mol. The molecular formula is C34H36N6O6S2. The Morgan fingerprint density at radius 1 is 0.708 bits per heavy atom. The normalized spacial score (nSPS) is 16.0. The lowest BCUT2D eigenvalue weighted by Gasteiger charge is -2.28. The number of anilines is 2. The molecular weight excluding hydrogens is 653 g/mol. The second-order valence-corrected chi connectivity index (χ2v) is 14.3. The fourth-order valence-corrected chi connectivity index (χ4v) is 8.13. The third-order valence-corrected chi connectivity index (χ3v) is 11.3. The molecule has 2 unspecified atom stereocenters. The molecule has 250 valence electrons. The van der Waals surface area contributed by atoms with E-state index in [1.165, 1.54) is 22.7 Å².